The molecule has 3 aromatic rings. The first-order valence-electron chi connectivity index (χ1n) is 7.91. The molecule has 0 aliphatic carbocycles. The number of rotatable bonds is 6. The Bertz CT molecular complexity index is 757. The average Bonchev–Trinajstić information content (AvgIpc) is 3.28. The molecule has 0 N–H and O–H groups in total. The summed E-state index contributed by atoms with van der Waals surface area (Å²) in [5, 5.41) is 0. The Morgan fingerprint density at radius 3 is 2.16 bits per heavy atom. The van der Waals surface area contributed by atoms with Crippen LogP contribution in [0.3, 0.4) is 0 Å². The molecular formula is C20H22FeO3S. The first kappa shape index (κ1) is 21.4. The van der Waals surface area contributed by atoms with Crippen LogP contribution in [0.5, 0.6) is 0 Å². The third-order valence-corrected chi connectivity index (χ3v) is 4.77. The fraction of sp³-hybridized carbons (Fsp3) is 0.200. The van der Waals surface area contributed by atoms with Crippen molar-refractivity contribution in [3.63, 3.8) is 0 Å². The van der Waals surface area contributed by atoms with Gasteiger partial charge in [0.2, 0.25) is 0 Å². The van der Waals surface area contributed by atoms with Gasteiger partial charge in [-0.15, -0.1) is 0 Å². The molecule has 0 amide bonds. The second-order valence-corrected chi connectivity index (χ2v) is 7.06. The predicted molar refractivity (Wildman–Crippen MR) is 96.7 cm³/mol. The molecule has 0 saturated heterocycles. The molecule has 0 saturated carbocycles. The Balaban J connectivity index is 0.000000448. The minimum atomic E-state index is -3.62. The summed E-state index contributed by atoms with van der Waals surface area (Å²) < 4.78 is 28.8. The van der Waals surface area contributed by atoms with Crippen LogP contribution in [0.4, 0.5) is 0 Å². The monoisotopic (exact) mass is 398 g/mol. The molecule has 3 nitrogen and oxygen atoms in total. The molecule has 0 aromatic heterocycles. The van der Waals surface area contributed by atoms with E-state index in [1.54, 1.807) is 24.3 Å². The Hall–Kier alpha value is -1.65. The van der Waals surface area contributed by atoms with Crippen molar-refractivity contribution < 1.29 is 29.7 Å². The van der Waals surface area contributed by atoms with Crippen molar-refractivity contribution in [2.24, 2.45) is 0 Å². The quantitative estimate of drug-likeness (QED) is 0.267. The van der Waals surface area contributed by atoms with E-state index in [0.717, 1.165) is 12.0 Å². The smallest absolute Gasteiger partial charge is 0.266 e. The van der Waals surface area contributed by atoms with Gasteiger partial charge in [-0.3, -0.25) is 4.18 Å². The molecule has 0 radical (unpaired) electrons. The van der Waals surface area contributed by atoms with Crippen LogP contribution >= 0.6 is 0 Å². The second-order valence-electron chi connectivity index (χ2n) is 5.45. The van der Waals surface area contributed by atoms with Crippen molar-refractivity contribution in [3.05, 3.63) is 90.0 Å². The van der Waals surface area contributed by atoms with E-state index in [9.17, 15) is 8.42 Å². The molecule has 0 unspecified atom stereocenters. The van der Waals surface area contributed by atoms with E-state index < -0.39 is 10.1 Å². The van der Waals surface area contributed by atoms with Crippen LogP contribution in [0, 0.1) is 6.92 Å². The van der Waals surface area contributed by atoms with Gasteiger partial charge in [0, 0.05) is 0 Å². The molecular weight excluding hydrogens is 376 g/mol. The molecule has 3 aromatic carbocycles. The van der Waals surface area contributed by atoms with Gasteiger partial charge in [-0.1, -0.05) is 17.7 Å². The molecule has 0 fully saturated rings. The Kier molecular flexibility index (Phi) is 9.46. The van der Waals surface area contributed by atoms with Crippen molar-refractivity contribution >= 4 is 10.1 Å². The van der Waals surface area contributed by atoms with Gasteiger partial charge in [0.1, 0.15) is 0 Å². The van der Waals surface area contributed by atoms with Gasteiger partial charge in [-0.05, 0) is 31.9 Å². The molecule has 0 aliphatic heterocycles. The Morgan fingerprint density at radius 1 is 0.960 bits per heavy atom. The molecule has 3 rings (SSSR count). The number of hydrogen-bond acceptors (Lipinski definition) is 3. The summed E-state index contributed by atoms with van der Waals surface area (Å²) in [6.45, 7) is 2.12. The van der Waals surface area contributed by atoms with Crippen LogP contribution < -0.4 is 0 Å². The normalized spacial score (nSPS) is 10.4. The second kappa shape index (κ2) is 11.1. The zero-order valence-electron chi connectivity index (χ0n) is 14.1. The molecule has 0 heterocycles. The van der Waals surface area contributed by atoms with Crippen molar-refractivity contribution in [2.75, 3.05) is 6.61 Å². The fourth-order valence-electron chi connectivity index (χ4n) is 2.12. The molecule has 134 valence electrons. The van der Waals surface area contributed by atoms with Gasteiger partial charge in [0.25, 0.3) is 10.1 Å². The van der Waals surface area contributed by atoms with E-state index in [1.165, 1.54) is 5.56 Å². The third kappa shape index (κ3) is 7.84. The maximum absolute atomic E-state index is 11.9. The Labute approximate surface area is 161 Å². The van der Waals surface area contributed by atoms with E-state index in [1.807, 2.05) is 61.5 Å². The van der Waals surface area contributed by atoms with E-state index >= 15 is 0 Å². The summed E-state index contributed by atoms with van der Waals surface area (Å²) in [6, 6.07) is 24.7. The third-order valence-electron chi connectivity index (χ3n) is 3.45. The minimum absolute atomic E-state index is 0. The van der Waals surface area contributed by atoms with Crippen molar-refractivity contribution in [3.8, 4) is 0 Å². The number of aryl methyl sites for hydroxylation is 2. The van der Waals surface area contributed by atoms with Crippen LogP contribution in [-0.2, 0) is 37.8 Å². The van der Waals surface area contributed by atoms with E-state index in [4.69, 9.17) is 4.18 Å². The maximum atomic E-state index is 11.9. The van der Waals surface area contributed by atoms with Crippen LogP contribution in [0.25, 0.3) is 0 Å². The number of benzene rings is 1. The zero-order chi connectivity index (χ0) is 17.3. The van der Waals surface area contributed by atoms with Crippen molar-refractivity contribution in [1.82, 2.24) is 0 Å². The molecule has 5 heteroatoms. The maximum Gasteiger partial charge on any atom is 2.00 e. The molecule has 0 aliphatic rings. The van der Waals surface area contributed by atoms with Crippen LogP contribution in [0.2, 0.25) is 0 Å². The molecule has 0 bridgehead atoms. The van der Waals surface area contributed by atoms with Gasteiger partial charge in [-0.25, -0.2) is 24.3 Å². The molecule has 0 spiro atoms. The van der Waals surface area contributed by atoms with Crippen LogP contribution in [0.15, 0.2) is 83.8 Å². The van der Waals surface area contributed by atoms with Gasteiger partial charge < -0.3 is 0 Å². The summed E-state index contributed by atoms with van der Waals surface area (Å²) >= 11 is 0. The molecule has 25 heavy (non-hydrogen) atoms. The van der Waals surface area contributed by atoms with Gasteiger partial charge >= 0.3 is 17.1 Å². The predicted octanol–water partition coefficient (Wildman–Crippen LogP) is 4.46. The fourth-order valence-corrected chi connectivity index (χ4v) is 3.06. The van der Waals surface area contributed by atoms with Crippen LogP contribution in [-0.4, -0.2) is 15.0 Å². The summed E-state index contributed by atoms with van der Waals surface area (Å²) in [5.41, 5.74) is 2.23. The van der Waals surface area contributed by atoms with E-state index in [0.29, 0.717) is 6.42 Å². The SMILES string of the molecule is Cc1ccc(S(=O)(=O)OCCCc2ccc[cH-]2)cc1.[Fe+2].c1cc[cH-]c1. The summed E-state index contributed by atoms with van der Waals surface area (Å²) in [5.74, 6) is 0. The summed E-state index contributed by atoms with van der Waals surface area (Å²) in [4.78, 5) is 0.214. The largest absolute Gasteiger partial charge is 2.00 e. The standard InChI is InChI=1S/C15H17O3S.C5H5.Fe/c1-13-8-10-15(11-9-13)19(16,17)18-12-4-7-14-5-2-3-6-14;1-2-4-5-3-1;/h2-3,5-6,8-11H,4,7,12H2,1H3;1-5H;/q2*-1;+2. The van der Waals surface area contributed by atoms with Gasteiger partial charge in [0.05, 0.1) is 11.5 Å². The minimum Gasteiger partial charge on any atom is -0.266 e. The van der Waals surface area contributed by atoms with Gasteiger partial charge in [0.15, 0.2) is 0 Å². The summed E-state index contributed by atoms with van der Waals surface area (Å²) in [6.07, 6.45) is 1.52. The van der Waals surface area contributed by atoms with Gasteiger partial charge in [-0.2, -0.15) is 44.3 Å². The van der Waals surface area contributed by atoms with Crippen molar-refractivity contribution in [1.29, 1.82) is 0 Å². The summed E-state index contributed by atoms with van der Waals surface area (Å²) in [7, 11) is -3.62. The first-order valence-corrected chi connectivity index (χ1v) is 9.32. The first-order chi connectivity index (χ1) is 11.6. The number of hydrogen-bond donors (Lipinski definition) is 0. The average molecular weight is 398 g/mol. The Morgan fingerprint density at radius 2 is 1.64 bits per heavy atom. The van der Waals surface area contributed by atoms with Crippen molar-refractivity contribution in [2.45, 2.75) is 24.7 Å². The van der Waals surface area contributed by atoms with E-state index in [-0.39, 0.29) is 28.6 Å². The van der Waals surface area contributed by atoms with E-state index in [2.05, 4.69) is 0 Å². The topological polar surface area (TPSA) is 43.4 Å². The van der Waals surface area contributed by atoms with Crippen LogP contribution in [0.1, 0.15) is 17.5 Å². The molecule has 0 atom stereocenters. The zero-order valence-corrected chi connectivity index (χ0v) is 16.0.